The van der Waals surface area contributed by atoms with E-state index in [4.69, 9.17) is 0 Å². The summed E-state index contributed by atoms with van der Waals surface area (Å²) in [5.74, 6) is 0.0176. The Morgan fingerprint density at radius 1 is 1.24 bits per heavy atom. The Hall–Kier alpha value is -0.610. The summed E-state index contributed by atoms with van der Waals surface area (Å²) >= 11 is 0. The molecule has 1 rings (SSSR count). The van der Waals surface area contributed by atoms with Gasteiger partial charge in [-0.3, -0.25) is 4.79 Å². The lowest BCUT2D eigenvalue weighted by atomic mass is 9.86. The highest BCUT2D eigenvalue weighted by Crippen LogP contribution is 2.20. The molecule has 0 saturated carbocycles. The van der Waals surface area contributed by atoms with Crippen molar-refractivity contribution < 1.29 is 9.90 Å². The van der Waals surface area contributed by atoms with Gasteiger partial charge >= 0.3 is 0 Å². The highest BCUT2D eigenvalue weighted by atomic mass is 16.3. The molecule has 0 aromatic rings. The lowest BCUT2D eigenvalue weighted by Crippen LogP contribution is -2.57. The number of hydrogen-bond donors (Lipinski definition) is 2. The van der Waals surface area contributed by atoms with Crippen molar-refractivity contribution in [3.8, 4) is 0 Å². The average molecular weight is 242 g/mol. The monoisotopic (exact) mass is 242 g/mol. The van der Waals surface area contributed by atoms with Crippen LogP contribution in [0.25, 0.3) is 0 Å². The first-order chi connectivity index (χ1) is 7.72. The van der Waals surface area contributed by atoms with E-state index in [1.165, 1.54) is 12.8 Å². The van der Waals surface area contributed by atoms with Gasteiger partial charge in [0.1, 0.15) is 0 Å². The summed E-state index contributed by atoms with van der Waals surface area (Å²) < 4.78 is 0. The van der Waals surface area contributed by atoms with Gasteiger partial charge in [0.05, 0.1) is 11.1 Å². The molecule has 2 N–H and O–H groups in total. The van der Waals surface area contributed by atoms with E-state index in [2.05, 4.69) is 10.2 Å². The summed E-state index contributed by atoms with van der Waals surface area (Å²) in [6, 6.07) is 0. The van der Waals surface area contributed by atoms with Crippen molar-refractivity contribution in [2.45, 2.75) is 58.1 Å². The Balaban J connectivity index is 2.33. The molecule has 0 unspecified atom stereocenters. The minimum atomic E-state index is -0.920. The van der Waals surface area contributed by atoms with Crippen LogP contribution in [0.5, 0.6) is 0 Å². The zero-order chi connectivity index (χ0) is 13.1. The summed E-state index contributed by atoms with van der Waals surface area (Å²) in [7, 11) is 0. The van der Waals surface area contributed by atoms with Gasteiger partial charge in [0.25, 0.3) is 0 Å². The largest absolute Gasteiger partial charge is 0.388 e. The molecule has 1 heterocycles. The van der Waals surface area contributed by atoms with Crippen LogP contribution in [0.1, 0.15) is 47.0 Å². The summed E-state index contributed by atoms with van der Waals surface area (Å²) in [6.45, 7) is 10.2. The van der Waals surface area contributed by atoms with Crippen molar-refractivity contribution in [1.29, 1.82) is 0 Å². The normalized spacial score (nSPS) is 18.4. The average Bonchev–Trinajstić information content (AvgIpc) is 2.64. The van der Waals surface area contributed by atoms with Gasteiger partial charge in [-0.1, -0.05) is 0 Å². The first-order valence-corrected chi connectivity index (χ1v) is 6.48. The van der Waals surface area contributed by atoms with E-state index < -0.39 is 11.1 Å². The third kappa shape index (κ3) is 4.28. The fraction of sp³-hybridized carbons (Fsp3) is 0.923. The van der Waals surface area contributed by atoms with Crippen LogP contribution in [0.15, 0.2) is 0 Å². The van der Waals surface area contributed by atoms with Gasteiger partial charge in [-0.25, -0.2) is 0 Å². The topological polar surface area (TPSA) is 52.6 Å². The van der Waals surface area contributed by atoms with Crippen LogP contribution in [-0.4, -0.2) is 46.7 Å². The maximum absolute atomic E-state index is 11.8. The number of likely N-dealkylation sites (tertiary alicyclic amines) is 1. The summed E-state index contributed by atoms with van der Waals surface area (Å²) in [4.78, 5) is 14.1. The Kier molecular flexibility index (Phi) is 4.55. The zero-order valence-electron chi connectivity index (χ0n) is 11.5. The van der Waals surface area contributed by atoms with Crippen molar-refractivity contribution in [3.63, 3.8) is 0 Å². The third-order valence-corrected chi connectivity index (χ3v) is 3.84. The zero-order valence-corrected chi connectivity index (χ0v) is 11.5. The molecule has 0 bridgehead atoms. The van der Waals surface area contributed by atoms with Crippen LogP contribution in [0.2, 0.25) is 0 Å². The van der Waals surface area contributed by atoms with E-state index in [1.54, 1.807) is 13.8 Å². The van der Waals surface area contributed by atoms with E-state index in [9.17, 15) is 9.90 Å². The van der Waals surface area contributed by atoms with Crippen LogP contribution >= 0.6 is 0 Å². The van der Waals surface area contributed by atoms with E-state index >= 15 is 0 Å². The van der Waals surface area contributed by atoms with Gasteiger partial charge in [-0.2, -0.15) is 0 Å². The van der Waals surface area contributed by atoms with Crippen LogP contribution in [0.4, 0.5) is 0 Å². The number of carbonyl (C=O) groups excluding carboxylic acids is 1. The van der Waals surface area contributed by atoms with E-state index in [0.717, 1.165) is 19.6 Å². The predicted octanol–water partition coefficient (Wildman–Crippen LogP) is 1.14. The minimum absolute atomic E-state index is 0.0176. The first-order valence-electron chi connectivity index (χ1n) is 6.48. The number of hydrogen-bond acceptors (Lipinski definition) is 3. The molecule has 4 nitrogen and oxygen atoms in total. The van der Waals surface area contributed by atoms with Gasteiger partial charge in [-0.15, -0.1) is 0 Å². The number of amides is 1. The molecule has 1 aliphatic heterocycles. The summed E-state index contributed by atoms with van der Waals surface area (Å²) in [6.07, 6.45) is 3.01. The molecule has 1 amide bonds. The molecule has 0 spiro atoms. The Morgan fingerprint density at radius 3 is 2.24 bits per heavy atom. The Morgan fingerprint density at radius 2 is 1.76 bits per heavy atom. The van der Waals surface area contributed by atoms with E-state index in [1.807, 2.05) is 13.8 Å². The van der Waals surface area contributed by atoms with Crippen LogP contribution in [0, 0.1) is 0 Å². The van der Waals surface area contributed by atoms with E-state index in [0.29, 0.717) is 6.42 Å². The smallest absolute Gasteiger partial charge is 0.221 e. The Bertz CT molecular complexity index is 263. The molecule has 0 atom stereocenters. The van der Waals surface area contributed by atoms with Gasteiger partial charge in [0.15, 0.2) is 0 Å². The number of aliphatic hydroxyl groups is 1. The summed E-state index contributed by atoms with van der Waals surface area (Å²) in [5.41, 5.74) is -1.52. The maximum atomic E-state index is 11.8. The second-order valence-corrected chi connectivity index (χ2v) is 6.03. The summed E-state index contributed by atoms with van der Waals surface area (Å²) in [5, 5.41) is 12.9. The fourth-order valence-corrected chi connectivity index (χ4v) is 1.83. The van der Waals surface area contributed by atoms with Gasteiger partial charge < -0.3 is 15.3 Å². The molecule has 1 saturated heterocycles. The second kappa shape index (κ2) is 5.36. The molecule has 17 heavy (non-hydrogen) atoms. The third-order valence-electron chi connectivity index (χ3n) is 3.84. The molecule has 4 heteroatoms. The molecule has 1 aliphatic rings. The maximum Gasteiger partial charge on any atom is 0.221 e. The first kappa shape index (κ1) is 14.5. The van der Waals surface area contributed by atoms with Crippen molar-refractivity contribution in [2.75, 3.05) is 19.6 Å². The van der Waals surface area contributed by atoms with E-state index in [-0.39, 0.29) is 5.91 Å². The van der Waals surface area contributed by atoms with Crippen molar-refractivity contribution >= 4 is 5.91 Å². The van der Waals surface area contributed by atoms with Gasteiger partial charge in [0, 0.05) is 13.0 Å². The van der Waals surface area contributed by atoms with Gasteiger partial charge in [0.2, 0.25) is 5.91 Å². The fourth-order valence-electron chi connectivity index (χ4n) is 1.83. The molecule has 100 valence electrons. The molecule has 0 aliphatic carbocycles. The van der Waals surface area contributed by atoms with Crippen molar-refractivity contribution in [2.24, 2.45) is 0 Å². The molecule has 0 aromatic heterocycles. The van der Waals surface area contributed by atoms with Crippen LogP contribution in [-0.2, 0) is 4.79 Å². The van der Waals surface area contributed by atoms with Crippen LogP contribution < -0.4 is 5.32 Å². The van der Waals surface area contributed by atoms with Crippen LogP contribution in [0.3, 0.4) is 0 Å². The van der Waals surface area contributed by atoms with Crippen molar-refractivity contribution in [1.82, 2.24) is 10.2 Å². The lowest BCUT2D eigenvalue weighted by molar-refractivity contribution is -0.126. The quantitative estimate of drug-likeness (QED) is 0.760. The number of nitrogens with zero attached hydrogens (tertiary/aromatic N) is 1. The molecule has 1 fully saturated rings. The second-order valence-electron chi connectivity index (χ2n) is 6.03. The highest BCUT2D eigenvalue weighted by Gasteiger charge is 2.36. The molecule has 0 radical (unpaired) electrons. The Labute approximate surface area is 104 Å². The number of carbonyl (C=O) groups is 1. The standard InChI is InChI=1S/C13H26N2O2/c1-12(2,13(3,4)17)14-11(16)7-10-15-8-5-6-9-15/h17H,5-10H2,1-4H3,(H,14,16). The number of nitrogens with one attached hydrogen (secondary N) is 1. The minimum Gasteiger partial charge on any atom is -0.388 e. The SMILES string of the molecule is CC(C)(O)C(C)(C)NC(=O)CCN1CCCC1. The number of rotatable bonds is 5. The highest BCUT2D eigenvalue weighted by molar-refractivity contribution is 5.77. The van der Waals surface area contributed by atoms with Crippen molar-refractivity contribution in [3.05, 3.63) is 0 Å². The lowest BCUT2D eigenvalue weighted by Gasteiger charge is -2.38. The molecule has 0 aromatic carbocycles. The molecular formula is C13H26N2O2. The molecular weight excluding hydrogens is 216 g/mol. The van der Waals surface area contributed by atoms with Gasteiger partial charge in [-0.05, 0) is 53.6 Å². The predicted molar refractivity (Wildman–Crippen MR) is 68.8 cm³/mol.